The first kappa shape index (κ1) is 21.7. The third-order valence-electron chi connectivity index (χ3n) is 5.61. The van der Waals surface area contributed by atoms with Crippen molar-refractivity contribution in [3.63, 3.8) is 0 Å². The molecule has 10 heteroatoms. The summed E-state index contributed by atoms with van der Waals surface area (Å²) in [6.07, 6.45) is 1.60. The zero-order valence-corrected chi connectivity index (χ0v) is 18.0. The fraction of sp³-hybridized carbons (Fsp3) is 0.318. The molecule has 8 nitrogen and oxygen atoms in total. The Bertz CT molecular complexity index is 1160. The molecule has 0 saturated heterocycles. The second-order valence-corrected chi connectivity index (χ2v) is 7.94. The third kappa shape index (κ3) is 3.66. The van der Waals surface area contributed by atoms with Crippen LogP contribution in [0.3, 0.4) is 0 Å². The number of carbonyl (C=O) groups is 1. The van der Waals surface area contributed by atoms with Crippen LogP contribution in [0.25, 0.3) is 11.3 Å². The average molecular weight is 442 g/mol. The van der Waals surface area contributed by atoms with Crippen LogP contribution in [-0.4, -0.2) is 45.5 Å². The van der Waals surface area contributed by atoms with E-state index < -0.39 is 17.2 Å². The molecule has 0 aliphatic carbocycles. The van der Waals surface area contributed by atoms with Gasteiger partial charge in [-0.25, -0.2) is 18.7 Å². The first-order valence-electron chi connectivity index (χ1n) is 10.1. The van der Waals surface area contributed by atoms with Crippen molar-refractivity contribution in [2.45, 2.75) is 25.9 Å². The molecule has 4 rings (SSSR count). The predicted molar refractivity (Wildman–Crippen MR) is 115 cm³/mol. The molecular formula is C22H24F2N6O2. The number of amides is 1. The first-order chi connectivity index (χ1) is 15.3. The summed E-state index contributed by atoms with van der Waals surface area (Å²) in [7, 11) is 1.53. The summed E-state index contributed by atoms with van der Waals surface area (Å²) < 4.78 is 34.7. The highest BCUT2D eigenvalue weighted by atomic mass is 19.2. The van der Waals surface area contributed by atoms with Crippen molar-refractivity contribution >= 4 is 17.4 Å². The number of hydrogen-bond donors (Lipinski definition) is 2. The van der Waals surface area contributed by atoms with E-state index in [1.54, 1.807) is 23.2 Å². The standard InChI is InChI=1S/C22H24F2N6O2/c1-22(2)21-28-19(13-4-6-15(23)16(24)10-13)20(27-14-5-7-17(32-3)26-12-14)29(21)8-9-30(22)18(31)11-25/h4-7,10,12,27H,8-9,11,25H2,1-3H3. The summed E-state index contributed by atoms with van der Waals surface area (Å²) in [5.74, 6) is -0.437. The maximum Gasteiger partial charge on any atom is 0.237 e. The fourth-order valence-corrected chi connectivity index (χ4v) is 3.97. The van der Waals surface area contributed by atoms with E-state index in [4.69, 9.17) is 15.5 Å². The van der Waals surface area contributed by atoms with E-state index in [-0.39, 0.29) is 12.5 Å². The Morgan fingerprint density at radius 3 is 2.62 bits per heavy atom. The van der Waals surface area contributed by atoms with Crippen molar-refractivity contribution in [1.82, 2.24) is 19.4 Å². The molecule has 0 bridgehead atoms. The number of fused-ring (bicyclic) bond motifs is 1. The zero-order valence-electron chi connectivity index (χ0n) is 18.0. The number of nitrogens with one attached hydrogen (secondary N) is 1. The van der Waals surface area contributed by atoms with E-state index in [2.05, 4.69) is 10.3 Å². The van der Waals surface area contributed by atoms with Gasteiger partial charge in [-0.3, -0.25) is 4.79 Å². The number of benzene rings is 1. The maximum absolute atomic E-state index is 14.0. The Morgan fingerprint density at radius 2 is 2.00 bits per heavy atom. The molecule has 0 unspecified atom stereocenters. The first-order valence-corrected chi connectivity index (χ1v) is 10.1. The molecule has 0 radical (unpaired) electrons. The zero-order chi connectivity index (χ0) is 23.0. The van der Waals surface area contributed by atoms with Gasteiger partial charge in [-0.2, -0.15) is 0 Å². The lowest BCUT2D eigenvalue weighted by Crippen LogP contribution is -2.53. The van der Waals surface area contributed by atoms with Gasteiger partial charge in [0.05, 0.1) is 31.1 Å². The molecule has 0 fully saturated rings. The summed E-state index contributed by atoms with van der Waals surface area (Å²) in [6.45, 7) is 4.54. The quantitative estimate of drug-likeness (QED) is 0.630. The summed E-state index contributed by atoms with van der Waals surface area (Å²) in [5, 5.41) is 3.30. The molecule has 32 heavy (non-hydrogen) atoms. The van der Waals surface area contributed by atoms with Gasteiger partial charge in [0.25, 0.3) is 0 Å². The number of nitrogens with zero attached hydrogens (tertiary/aromatic N) is 4. The molecule has 1 aliphatic rings. The number of halogens is 2. The minimum atomic E-state index is -0.968. The highest BCUT2D eigenvalue weighted by Gasteiger charge is 2.41. The Labute approximate surface area is 184 Å². The number of hydrogen-bond acceptors (Lipinski definition) is 6. The Kier molecular flexibility index (Phi) is 5.55. The number of ether oxygens (including phenoxy) is 1. The van der Waals surface area contributed by atoms with Crippen LogP contribution in [0.15, 0.2) is 36.5 Å². The summed E-state index contributed by atoms with van der Waals surface area (Å²) in [5.41, 5.74) is 6.34. The Hall–Kier alpha value is -3.53. The maximum atomic E-state index is 14.0. The Balaban J connectivity index is 1.85. The van der Waals surface area contributed by atoms with E-state index in [0.717, 1.165) is 12.1 Å². The number of pyridine rings is 1. The van der Waals surface area contributed by atoms with E-state index in [9.17, 15) is 13.6 Å². The molecule has 0 spiro atoms. The van der Waals surface area contributed by atoms with Crippen molar-refractivity contribution in [1.29, 1.82) is 0 Å². The number of methoxy groups -OCH3 is 1. The van der Waals surface area contributed by atoms with Crippen molar-refractivity contribution in [2.24, 2.45) is 5.73 Å². The smallest absolute Gasteiger partial charge is 0.237 e. The number of carbonyl (C=O) groups excluding carboxylic acids is 1. The monoisotopic (exact) mass is 442 g/mol. The van der Waals surface area contributed by atoms with Gasteiger partial charge in [0.2, 0.25) is 11.8 Å². The number of imidazole rings is 1. The second-order valence-electron chi connectivity index (χ2n) is 7.94. The van der Waals surface area contributed by atoms with Gasteiger partial charge in [0.15, 0.2) is 11.6 Å². The summed E-state index contributed by atoms with van der Waals surface area (Å²) in [6, 6.07) is 7.14. The van der Waals surface area contributed by atoms with Gasteiger partial charge in [-0.05, 0) is 38.1 Å². The van der Waals surface area contributed by atoms with Crippen molar-refractivity contribution < 1.29 is 18.3 Å². The lowest BCUT2D eigenvalue weighted by molar-refractivity contribution is -0.137. The van der Waals surface area contributed by atoms with Gasteiger partial charge in [-0.1, -0.05) is 0 Å². The molecule has 0 atom stereocenters. The van der Waals surface area contributed by atoms with Gasteiger partial charge in [-0.15, -0.1) is 0 Å². The van der Waals surface area contributed by atoms with Gasteiger partial charge < -0.3 is 25.3 Å². The summed E-state index contributed by atoms with van der Waals surface area (Å²) in [4.78, 5) is 23.1. The number of rotatable bonds is 5. The largest absolute Gasteiger partial charge is 0.481 e. The van der Waals surface area contributed by atoms with Gasteiger partial charge in [0.1, 0.15) is 17.3 Å². The minimum absolute atomic E-state index is 0.108. The third-order valence-corrected chi connectivity index (χ3v) is 5.61. The van der Waals surface area contributed by atoms with Crippen LogP contribution in [0.2, 0.25) is 0 Å². The molecule has 1 aliphatic heterocycles. The number of anilines is 2. The molecule has 2 aromatic heterocycles. The van der Waals surface area contributed by atoms with Crippen LogP contribution < -0.4 is 15.8 Å². The topological polar surface area (TPSA) is 98.3 Å². The van der Waals surface area contributed by atoms with Crippen LogP contribution in [0.1, 0.15) is 19.7 Å². The highest BCUT2D eigenvalue weighted by Crippen LogP contribution is 2.39. The minimum Gasteiger partial charge on any atom is -0.481 e. The van der Waals surface area contributed by atoms with E-state index in [0.29, 0.717) is 47.6 Å². The molecule has 3 N–H and O–H groups in total. The van der Waals surface area contributed by atoms with Crippen LogP contribution in [0, 0.1) is 11.6 Å². The fourth-order valence-electron chi connectivity index (χ4n) is 3.97. The predicted octanol–water partition coefficient (Wildman–Crippen LogP) is 3.01. The normalized spacial score (nSPS) is 14.8. The second kappa shape index (κ2) is 8.19. The van der Waals surface area contributed by atoms with Crippen LogP contribution in [0.5, 0.6) is 5.88 Å². The van der Waals surface area contributed by atoms with E-state index >= 15 is 0 Å². The van der Waals surface area contributed by atoms with Crippen molar-refractivity contribution in [2.75, 3.05) is 25.5 Å². The molecular weight excluding hydrogens is 418 g/mol. The number of aromatic nitrogens is 3. The molecule has 1 amide bonds. The molecule has 1 aromatic carbocycles. The molecule has 3 aromatic rings. The lowest BCUT2D eigenvalue weighted by atomic mass is 9.99. The van der Waals surface area contributed by atoms with Crippen molar-refractivity contribution in [3.05, 3.63) is 54.0 Å². The molecule has 3 heterocycles. The van der Waals surface area contributed by atoms with Gasteiger partial charge in [0, 0.05) is 24.7 Å². The van der Waals surface area contributed by atoms with Gasteiger partial charge >= 0.3 is 0 Å². The van der Waals surface area contributed by atoms with Crippen LogP contribution >= 0.6 is 0 Å². The highest BCUT2D eigenvalue weighted by molar-refractivity contribution is 5.80. The SMILES string of the molecule is COc1ccc(Nc2c(-c3ccc(F)c(F)c3)nc3n2CCN(C(=O)CN)C3(C)C)cn1. The van der Waals surface area contributed by atoms with Crippen LogP contribution in [0.4, 0.5) is 20.3 Å². The van der Waals surface area contributed by atoms with E-state index in [1.807, 2.05) is 18.4 Å². The summed E-state index contributed by atoms with van der Waals surface area (Å²) >= 11 is 0. The molecule has 168 valence electrons. The number of nitrogens with two attached hydrogens (primary N) is 1. The average Bonchev–Trinajstić information content (AvgIpc) is 3.15. The van der Waals surface area contributed by atoms with Crippen molar-refractivity contribution in [3.8, 4) is 17.1 Å². The lowest BCUT2D eigenvalue weighted by Gasteiger charge is -2.42. The molecule has 0 saturated carbocycles. The van der Waals surface area contributed by atoms with E-state index in [1.165, 1.54) is 13.2 Å². The Morgan fingerprint density at radius 1 is 1.22 bits per heavy atom. The van der Waals surface area contributed by atoms with Crippen LogP contribution in [-0.2, 0) is 16.9 Å².